The molecule has 0 saturated carbocycles. The first-order chi connectivity index (χ1) is 15.7. The lowest BCUT2D eigenvalue weighted by Gasteiger charge is -2.08. The summed E-state index contributed by atoms with van der Waals surface area (Å²) in [6.07, 6.45) is -1.44. The normalized spacial score (nSPS) is 11.4. The molecule has 33 heavy (non-hydrogen) atoms. The Labute approximate surface area is 196 Å². The number of ether oxygens (including phenoxy) is 1. The minimum atomic E-state index is -4.43. The summed E-state index contributed by atoms with van der Waals surface area (Å²) in [5, 5.41) is 9.11. The molecule has 0 atom stereocenters. The number of nitrogens with one attached hydrogen (secondary N) is 2. The number of hydrogen-bond acceptors (Lipinski definition) is 6. The van der Waals surface area contributed by atoms with Crippen LogP contribution < -0.4 is 15.5 Å². The number of benzene rings is 2. The van der Waals surface area contributed by atoms with Crippen LogP contribution in [0, 0.1) is 0 Å². The van der Waals surface area contributed by atoms with E-state index in [1.165, 1.54) is 29.7 Å². The first kappa shape index (κ1) is 24.3. The van der Waals surface area contributed by atoms with Crippen LogP contribution in [0.4, 0.5) is 24.0 Å². The highest BCUT2D eigenvalue weighted by atomic mass is 35.5. The van der Waals surface area contributed by atoms with Gasteiger partial charge in [-0.1, -0.05) is 30.3 Å². The Balaban J connectivity index is 1.53. The van der Waals surface area contributed by atoms with E-state index >= 15 is 0 Å². The van der Waals surface area contributed by atoms with Gasteiger partial charge in [-0.2, -0.15) is 18.3 Å². The van der Waals surface area contributed by atoms with Crippen molar-refractivity contribution in [3.05, 3.63) is 82.3 Å². The zero-order chi connectivity index (χ0) is 23.8. The number of halogens is 4. The quantitative estimate of drug-likeness (QED) is 0.223. The molecule has 0 spiro atoms. The minimum absolute atomic E-state index is 0.0484. The third-order valence-corrected chi connectivity index (χ3v) is 5.15. The number of alkyl halides is 3. The molecule has 6 nitrogen and oxygen atoms in total. The van der Waals surface area contributed by atoms with Crippen molar-refractivity contribution >= 4 is 45.9 Å². The highest BCUT2D eigenvalue weighted by molar-refractivity contribution is 7.13. The molecule has 172 valence electrons. The third kappa shape index (κ3) is 7.33. The zero-order valence-corrected chi connectivity index (χ0v) is 18.6. The second-order valence-electron chi connectivity index (χ2n) is 6.61. The van der Waals surface area contributed by atoms with E-state index < -0.39 is 17.6 Å². The van der Waals surface area contributed by atoms with Crippen LogP contribution in [-0.4, -0.2) is 23.7 Å². The van der Waals surface area contributed by atoms with Gasteiger partial charge in [0.2, 0.25) is 5.91 Å². The summed E-state index contributed by atoms with van der Waals surface area (Å²) in [5.74, 6) is 0.107. The van der Waals surface area contributed by atoms with Gasteiger partial charge >= 0.3 is 6.18 Å². The lowest BCUT2D eigenvalue weighted by molar-refractivity contribution is -0.137. The molecule has 0 radical (unpaired) electrons. The lowest BCUT2D eigenvalue weighted by Crippen LogP contribution is -2.19. The molecule has 0 saturated heterocycles. The largest absolute Gasteiger partial charge is 0.488 e. The molecule has 11 heteroatoms. The molecule has 0 aliphatic carbocycles. The molecule has 0 fully saturated rings. The molecule has 3 aromatic rings. The van der Waals surface area contributed by atoms with Crippen LogP contribution >= 0.6 is 22.9 Å². The number of amides is 1. The average molecular weight is 495 g/mol. The number of rotatable bonds is 9. The molecule has 0 bridgehead atoms. The van der Waals surface area contributed by atoms with Crippen molar-refractivity contribution in [3.8, 4) is 5.75 Å². The number of hydrogen-bond donors (Lipinski definition) is 2. The van der Waals surface area contributed by atoms with Crippen LogP contribution in [0.25, 0.3) is 0 Å². The first-order valence-corrected chi connectivity index (χ1v) is 10.7. The second kappa shape index (κ2) is 11.0. The van der Waals surface area contributed by atoms with Crippen LogP contribution in [0.5, 0.6) is 5.75 Å². The molecule has 3 rings (SSSR count). The van der Waals surface area contributed by atoms with Gasteiger partial charge in [-0.05, 0) is 42.0 Å². The second-order valence-corrected chi connectivity index (χ2v) is 7.87. The van der Waals surface area contributed by atoms with Gasteiger partial charge in [-0.25, -0.2) is 10.4 Å². The molecular weight excluding hydrogens is 477 g/mol. The number of carbonyl (C=O) groups excluding carboxylic acids is 1. The maximum Gasteiger partial charge on any atom is 0.416 e. The van der Waals surface area contributed by atoms with Crippen molar-refractivity contribution in [1.82, 2.24) is 10.4 Å². The minimum Gasteiger partial charge on any atom is -0.488 e. The lowest BCUT2D eigenvalue weighted by atomic mass is 10.2. The smallest absolute Gasteiger partial charge is 0.416 e. The van der Waals surface area contributed by atoms with E-state index in [1.54, 1.807) is 29.7 Å². The fourth-order valence-corrected chi connectivity index (χ4v) is 3.56. The highest BCUT2D eigenvalue weighted by Gasteiger charge is 2.30. The Kier molecular flexibility index (Phi) is 8.07. The summed E-state index contributed by atoms with van der Waals surface area (Å²) >= 11 is 7.30. The molecule has 0 unspecified atom stereocenters. The summed E-state index contributed by atoms with van der Waals surface area (Å²) in [5.41, 5.74) is 2.99. The van der Waals surface area contributed by atoms with E-state index in [-0.39, 0.29) is 12.1 Å². The summed E-state index contributed by atoms with van der Waals surface area (Å²) in [6, 6.07) is 9.84. The number of carbonyl (C=O) groups is 1. The van der Waals surface area contributed by atoms with Crippen LogP contribution in [0.3, 0.4) is 0 Å². The van der Waals surface area contributed by atoms with Gasteiger partial charge in [0.25, 0.3) is 0 Å². The summed E-state index contributed by atoms with van der Waals surface area (Å²) < 4.78 is 43.9. The van der Waals surface area contributed by atoms with Gasteiger partial charge < -0.3 is 10.1 Å². The Morgan fingerprint density at radius 1 is 1.27 bits per heavy atom. The maximum absolute atomic E-state index is 12.8. The molecule has 0 aliphatic rings. The Morgan fingerprint density at radius 3 is 2.82 bits per heavy atom. The summed E-state index contributed by atoms with van der Waals surface area (Å²) in [4.78, 5) is 16.3. The molecule has 0 aliphatic heterocycles. The van der Waals surface area contributed by atoms with Gasteiger partial charge in [-0.15, -0.1) is 11.3 Å². The fourth-order valence-electron chi connectivity index (χ4n) is 2.59. The van der Waals surface area contributed by atoms with Gasteiger partial charge in [0.15, 0.2) is 5.13 Å². The van der Waals surface area contributed by atoms with Crippen molar-refractivity contribution in [2.24, 2.45) is 5.10 Å². The molecular formula is C22H18ClF3N4O2S. The van der Waals surface area contributed by atoms with Crippen LogP contribution in [-0.2, 0) is 17.4 Å². The highest BCUT2D eigenvalue weighted by Crippen LogP contribution is 2.32. The number of hydrazone groups is 1. The monoisotopic (exact) mass is 494 g/mol. The molecule has 1 amide bonds. The number of thiazole rings is 1. The summed E-state index contributed by atoms with van der Waals surface area (Å²) in [7, 11) is 0. The molecule has 2 aromatic carbocycles. The van der Waals surface area contributed by atoms with E-state index in [0.717, 1.165) is 12.1 Å². The number of nitrogens with zero attached hydrogens (tertiary/aromatic N) is 2. The van der Waals surface area contributed by atoms with E-state index in [1.807, 2.05) is 0 Å². The van der Waals surface area contributed by atoms with E-state index in [0.29, 0.717) is 33.8 Å². The first-order valence-electron chi connectivity index (χ1n) is 9.48. The Hall–Kier alpha value is -3.37. The van der Waals surface area contributed by atoms with Crippen molar-refractivity contribution in [3.63, 3.8) is 0 Å². The van der Waals surface area contributed by atoms with E-state index in [9.17, 15) is 18.0 Å². The SMILES string of the molecule is C=CCOc1ccc(/C=N/NC(=O)Cc2csc(Nc3cccc(C(F)(F)F)c3)n2)cc1Cl. The van der Waals surface area contributed by atoms with Crippen molar-refractivity contribution in [1.29, 1.82) is 0 Å². The van der Waals surface area contributed by atoms with Crippen molar-refractivity contribution in [2.75, 3.05) is 11.9 Å². The fraction of sp³-hybridized carbons (Fsp3) is 0.136. The Morgan fingerprint density at radius 2 is 2.09 bits per heavy atom. The van der Waals surface area contributed by atoms with E-state index in [2.05, 4.69) is 27.4 Å². The molecule has 2 N–H and O–H groups in total. The third-order valence-electron chi connectivity index (χ3n) is 4.05. The molecule has 1 aromatic heterocycles. The maximum atomic E-state index is 12.8. The van der Waals surface area contributed by atoms with Gasteiger partial charge in [0, 0.05) is 11.1 Å². The van der Waals surface area contributed by atoms with Crippen LogP contribution in [0.15, 0.2) is 65.6 Å². The van der Waals surface area contributed by atoms with Gasteiger partial charge in [-0.3, -0.25) is 4.79 Å². The van der Waals surface area contributed by atoms with Gasteiger partial charge in [0.05, 0.1) is 28.9 Å². The average Bonchev–Trinajstić information content (AvgIpc) is 3.19. The van der Waals surface area contributed by atoms with Crippen molar-refractivity contribution in [2.45, 2.75) is 12.6 Å². The van der Waals surface area contributed by atoms with Crippen LogP contribution in [0.2, 0.25) is 5.02 Å². The standard InChI is InChI=1S/C22H18ClF3N4O2S/c1-2-8-32-19-7-6-14(9-18(19)23)12-27-30-20(31)11-17-13-33-21(29-17)28-16-5-3-4-15(10-16)22(24,25)26/h2-7,9-10,12-13H,1,8,11H2,(H,28,29)(H,30,31)/b27-12+. The molecule has 1 heterocycles. The van der Waals surface area contributed by atoms with E-state index in [4.69, 9.17) is 16.3 Å². The Bertz CT molecular complexity index is 1160. The number of aromatic nitrogens is 1. The topological polar surface area (TPSA) is 75.6 Å². The zero-order valence-electron chi connectivity index (χ0n) is 17.0. The van der Waals surface area contributed by atoms with Gasteiger partial charge in [0.1, 0.15) is 12.4 Å². The van der Waals surface area contributed by atoms with Crippen LogP contribution in [0.1, 0.15) is 16.8 Å². The predicted octanol–water partition coefficient (Wildman–Crippen LogP) is 5.82. The number of anilines is 2. The van der Waals surface area contributed by atoms with Crippen molar-refractivity contribution < 1.29 is 22.7 Å². The predicted molar refractivity (Wildman–Crippen MR) is 123 cm³/mol. The summed E-state index contributed by atoms with van der Waals surface area (Å²) in [6.45, 7) is 3.90.